The molecule has 0 saturated carbocycles. The third-order valence-corrected chi connectivity index (χ3v) is 4.82. The summed E-state index contributed by atoms with van der Waals surface area (Å²) in [6, 6.07) is 4.31. The molecular formula is C20H28N2O5. The summed E-state index contributed by atoms with van der Waals surface area (Å²) >= 11 is 0. The first-order valence-electron chi connectivity index (χ1n) is 9.45. The molecule has 148 valence electrons. The smallest absolute Gasteiger partial charge is 0.335 e. The van der Waals surface area contributed by atoms with Gasteiger partial charge in [0.25, 0.3) is 0 Å². The highest BCUT2D eigenvalue weighted by molar-refractivity contribution is 5.88. The Hall–Kier alpha value is -2.57. The third kappa shape index (κ3) is 5.45. The number of hydrogen-bond acceptors (Lipinski definition) is 4. The van der Waals surface area contributed by atoms with Gasteiger partial charge < -0.3 is 20.1 Å². The molecule has 1 aliphatic rings. The van der Waals surface area contributed by atoms with Gasteiger partial charge in [0, 0.05) is 19.5 Å². The second kappa shape index (κ2) is 9.94. The Bertz CT molecular complexity index is 689. The number of rotatable bonds is 8. The normalized spacial score (nSPS) is 16.7. The van der Waals surface area contributed by atoms with E-state index in [1.807, 2.05) is 6.92 Å². The van der Waals surface area contributed by atoms with Gasteiger partial charge in [-0.15, -0.1) is 0 Å². The highest BCUT2D eigenvalue weighted by atomic mass is 16.5. The standard InChI is InChI=1S/C20H28N2O5/c1-3-6-18(23)22-12-5-4-7-16(22)19(24)21-11-10-14-8-9-15(20(25)26)13-17(14)27-2/h8-9,13,16H,3-7,10-12H2,1-2H3,(H,21,24)(H,25,26). The van der Waals surface area contributed by atoms with Gasteiger partial charge in [0.2, 0.25) is 11.8 Å². The molecular weight excluding hydrogens is 348 g/mol. The van der Waals surface area contributed by atoms with E-state index < -0.39 is 12.0 Å². The Morgan fingerprint density at radius 1 is 1.30 bits per heavy atom. The zero-order valence-corrected chi connectivity index (χ0v) is 16.0. The number of amides is 2. The van der Waals surface area contributed by atoms with Crippen molar-refractivity contribution in [3.8, 4) is 5.75 Å². The number of carboxylic acids is 1. The lowest BCUT2D eigenvalue weighted by molar-refractivity contribution is -0.142. The SMILES string of the molecule is CCCC(=O)N1CCCCC1C(=O)NCCc1ccc(C(=O)O)cc1OC. The zero-order valence-electron chi connectivity index (χ0n) is 16.0. The predicted molar refractivity (Wildman–Crippen MR) is 101 cm³/mol. The van der Waals surface area contributed by atoms with Crippen molar-refractivity contribution in [1.29, 1.82) is 0 Å². The van der Waals surface area contributed by atoms with Crippen molar-refractivity contribution >= 4 is 17.8 Å². The summed E-state index contributed by atoms with van der Waals surface area (Å²) in [5.74, 6) is -0.604. The van der Waals surface area contributed by atoms with Crippen molar-refractivity contribution in [1.82, 2.24) is 10.2 Å². The molecule has 2 rings (SSSR count). The molecule has 0 radical (unpaired) electrons. The van der Waals surface area contributed by atoms with E-state index in [2.05, 4.69) is 5.32 Å². The van der Waals surface area contributed by atoms with Gasteiger partial charge in [0.05, 0.1) is 12.7 Å². The lowest BCUT2D eigenvalue weighted by Crippen LogP contribution is -2.52. The van der Waals surface area contributed by atoms with Crippen molar-refractivity contribution < 1.29 is 24.2 Å². The van der Waals surface area contributed by atoms with Gasteiger partial charge in [0.15, 0.2) is 0 Å². The number of ether oxygens (including phenoxy) is 1. The molecule has 1 aromatic rings. The highest BCUT2D eigenvalue weighted by Crippen LogP contribution is 2.21. The second-order valence-electron chi connectivity index (χ2n) is 6.72. The maximum Gasteiger partial charge on any atom is 0.335 e. The third-order valence-electron chi connectivity index (χ3n) is 4.82. The number of methoxy groups -OCH3 is 1. The molecule has 0 aromatic heterocycles. The monoisotopic (exact) mass is 376 g/mol. The summed E-state index contributed by atoms with van der Waals surface area (Å²) < 4.78 is 5.26. The first kappa shape index (κ1) is 20.7. The van der Waals surface area contributed by atoms with Gasteiger partial charge in [-0.05, 0) is 49.8 Å². The molecule has 1 fully saturated rings. The first-order valence-corrected chi connectivity index (χ1v) is 9.45. The molecule has 1 aromatic carbocycles. The molecule has 1 unspecified atom stereocenters. The average molecular weight is 376 g/mol. The van der Waals surface area contributed by atoms with E-state index in [-0.39, 0.29) is 17.4 Å². The number of piperidine rings is 1. The van der Waals surface area contributed by atoms with Crippen molar-refractivity contribution in [3.05, 3.63) is 29.3 Å². The molecule has 27 heavy (non-hydrogen) atoms. The number of nitrogens with zero attached hydrogens (tertiary/aromatic N) is 1. The van der Waals surface area contributed by atoms with Gasteiger partial charge in [-0.3, -0.25) is 9.59 Å². The molecule has 1 aliphatic heterocycles. The Balaban J connectivity index is 1.94. The molecule has 7 heteroatoms. The van der Waals surface area contributed by atoms with Crippen LogP contribution in [0.25, 0.3) is 0 Å². The van der Waals surface area contributed by atoms with Crippen molar-refractivity contribution in [3.63, 3.8) is 0 Å². The fourth-order valence-corrected chi connectivity index (χ4v) is 3.38. The fourth-order valence-electron chi connectivity index (χ4n) is 3.38. The van der Waals surface area contributed by atoms with Gasteiger partial charge in [-0.1, -0.05) is 13.0 Å². The van der Waals surface area contributed by atoms with E-state index in [1.54, 1.807) is 11.0 Å². The van der Waals surface area contributed by atoms with E-state index in [9.17, 15) is 14.4 Å². The van der Waals surface area contributed by atoms with Gasteiger partial charge in [-0.2, -0.15) is 0 Å². The molecule has 1 saturated heterocycles. The Kier molecular flexibility index (Phi) is 7.64. The number of carbonyl (C=O) groups excluding carboxylic acids is 2. The van der Waals surface area contributed by atoms with E-state index in [1.165, 1.54) is 19.2 Å². The molecule has 2 amide bonds. The van der Waals surface area contributed by atoms with Gasteiger partial charge in [0.1, 0.15) is 11.8 Å². The van der Waals surface area contributed by atoms with E-state index >= 15 is 0 Å². The Morgan fingerprint density at radius 2 is 2.07 bits per heavy atom. The summed E-state index contributed by atoms with van der Waals surface area (Å²) in [6.45, 7) is 3.00. The number of likely N-dealkylation sites (tertiary alicyclic amines) is 1. The molecule has 0 bridgehead atoms. The summed E-state index contributed by atoms with van der Waals surface area (Å²) in [5.41, 5.74) is 0.984. The summed E-state index contributed by atoms with van der Waals surface area (Å²) in [7, 11) is 1.49. The van der Waals surface area contributed by atoms with Crippen LogP contribution in [-0.2, 0) is 16.0 Å². The van der Waals surface area contributed by atoms with Crippen LogP contribution in [0.4, 0.5) is 0 Å². The summed E-state index contributed by atoms with van der Waals surface area (Å²) in [5, 5.41) is 12.0. The molecule has 0 spiro atoms. The average Bonchev–Trinajstić information content (AvgIpc) is 2.68. The van der Waals surface area contributed by atoms with E-state index in [0.29, 0.717) is 38.1 Å². The fraction of sp³-hybridized carbons (Fsp3) is 0.550. The molecule has 1 heterocycles. The van der Waals surface area contributed by atoms with Crippen molar-refractivity contribution in [2.24, 2.45) is 0 Å². The molecule has 7 nitrogen and oxygen atoms in total. The Labute approximate surface area is 159 Å². The number of carboxylic acid groups (broad SMARTS) is 1. The Morgan fingerprint density at radius 3 is 2.74 bits per heavy atom. The van der Waals surface area contributed by atoms with Crippen LogP contribution in [-0.4, -0.2) is 54.0 Å². The number of benzene rings is 1. The largest absolute Gasteiger partial charge is 0.496 e. The minimum Gasteiger partial charge on any atom is -0.496 e. The molecule has 1 atom stereocenters. The number of carbonyl (C=O) groups is 3. The second-order valence-corrected chi connectivity index (χ2v) is 6.72. The van der Waals surface area contributed by atoms with Crippen LogP contribution in [0, 0.1) is 0 Å². The summed E-state index contributed by atoms with van der Waals surface area (Å²) in [4.78, 5) is 37.6. The number of nitrogens with one attached hydrogen (secondary N) is 1. The summed E-state index contributed by atoms with van der Waals surface area (Å²) in [6.07, 6.45) is 4.33. The maximum atomic E-state index is 12.6. The first-order chi connectivity index (χ1) is 13.0. The number of aromatic carboxylic acids is 1. The van der Waals surface area contributed by atoms with Crippen LogP contribution in [0.3, 0.4) is 0 Å². The van der Waals surface area contributed by atoms with E-state index in [0.717, 1.165) is 24.8 Å². The van der Waals surface area contributed by atoms with Crippen LogP contribution in [0.15, 0.2) is 18.2 Å². The lowest BCUT2D eigenvalue weighted by atomic mass is 10.0. The van der Waals surface area contributed by atoms with Gasteiger partial charge in [-0.25, -0.2) is 4.79 Å². The maximum absolute atomic E-state index is 12.6. The van der Waals surface area contributed by atoms with Crippen LogP contribution in [0.5, 0.6) is 5.75 Å². The topological polar surface area (TPSA) is 95.9 Å². The lowest BCUT2D eigenvalue weighted by Gasteiger charge is -2.34. The molecule has 2 N–H and O–H groups in total. The zero-order chi connectivity index (χ0) is 19.8. The van der Waals surface area contributed by atoms with Gasteiger partial charge >= 0.3 is 5.97 Å². The van der Waals surface area contributed by atoms with Crippen molar-refractivity contribution in [2.45, 2.75) is 51.5 Å². The highest BCUT2D eigenvalue weighted by Gasteiger charge is 2.31. The van der Waals surface area contributed by atoms with E-state index in [4.69, 9.17) is 9.84 Å². The quantitative estimate of drug-likeness (QED) is 0.725. The number of hydrogen-bond donors (Lipinski definition) is 2. The van der Waals surface area contributed by atoms with Crippen LogP contribution >= 0.6 is 0 Å². The predicted octanol–water partition coefficient (Wildman–Crippen LogP) is 2.23. The van der Waals surface area contributed by atoms with Crippen molar-refractivity contribution in [2.75, 3.05) is 20.2 Å². The minimum absolute atomic E-state index is 0.0447. The minimum atomic E-state index is -1.01. The molecule has 0 aliphatic carbocycles. The van der Waals surface area contributed by atoms with Crippen LogP contribution < -0.4 is 10.1 Å². The van der Waals surface area contributed by atoms with Crippen LogP contribution in [0.2, 0.25) is 0 Å². The van der Waals surface area contributed by atoms with Crippen LogP contribution in [0.1, 0.15) is 54.9 Å².